The summed E-state index contributed by atoms with van der Waals surface area (Å²) in [4.78, 5) is 8.84. The molecule has 16 heavy (non-hydrogen) atoms. The second-order valence-electron chi connectivity index (χ2n) is 2.94. The van der Waals surface area contributed by atoms with Gasteiger partial charge in [-0.2, -0.15) is 0 Å². The Morgan fingerprint density at radius 2 is 1.81 bits per heavy atom. The van der Waals surface area contributed by atoms with Crippen LogP contribution in [0, 0.1) is 0 Å². The number of nitrogen functional groups attached to an aromatic ring is 1. The van der Waals surface area contributed by atoms with Gasteiger partial charge in [-0.05, 0) is 24.3 Å². The zero-order valence-corrected chi connectivity index (χ0v) is 10.4. The molecule has 2 aromatic rings. The van der Waals surface area contributed by atoms with Gasteiger partial charge in [0.1, 0.15) is 5.03 Å². The minimum absolute atomic E-state index is 0.209. The molecule has 2 rings (SSSR count). The highest BCUT2D eigenvalue weighted by atomic mass is 35.5. The SMILES string of the molecule is Nc1ncc(Cl)c(Sc2ccc(Cl)cc2)n1. The van der Waals surface area contributed by atoms with Crippen molar-refractivity contribution in [3.8, 4) is 0 Å². The lowest BCUT2D eigenvalue weighted by molar-refractivity contribution is 1.06. The summed E-state index contributed by atoms with van der Waals surface area (Å²) in [7, 11) is 0. The van der Waals surface area contributed by atoms with Gasteiger partial charge in [0.2, 0.25) is 5.95 Å². The van der Waals surface area contributed by atoms with Crippen LogP contribution in [0.1, 0.15) is 0 Å². The van der Waals surface area contributed by atoms with E-state index in [9.17, 15) is 0 Å². The van der Waals surface area contributed by atoms with Gasteiger partial charge >= 0.3 is 0 Å². The van der Waals surface area contributed by atoms with E-state index in [1.54, 1.807) is 0 Å². The third-order valence-electron chi connectivity index (χ3n) is 1.76. The first-order valence-corrected chi connectivity index (χ1v) is 5.94. The number of benzene rings is 1. The van der Waals surface area contributed by atoms with Crippen molar-refractivity contribution >= 4 is 40.9 Å². The Hall–Kier alpha value is -0.970. The predicted molar refractivity (Wildman–Crippen MR) is 67.0 cm³/mol. The number of rotatable bonds is 2. The fourth-order valence-electron chi connectivity index (χ4n) is 1.05. The summed E-state index contributed by atoms with van der Waals surface area (Å²) in [6.45, 7) is 0. The molecule has 1 aromatic carbocycles. The van der Waals surface area contributed by atoms with E-state index in [0.29, 0.717) is 15.1 Å². The van der Waals surface area contributed by atoms with Gasteiger partial charge in [0, 0.05) is 9.92 Å². The molecule has 6 heteroatoms. The first-order valence-electron chi connectivity index (χ1n) is 4.36. The van der Waals surface area contributed by atoms with Crippen LogP contribution >= 0.6 is 35.0 Å². The molecule has 0 aliphatic rings. The van der Waals surface area contributed by atoms with Crippen molar-refractivity contribution in [2.75, 3.05) is 5.73 Å². The Kier molecular flexibility index (Phi) is 3.53. The maximum Gasteiger partial charge on any atom is 0.221 e. The van der Waals surface area contributed by atoms with Crippen LogP contribution in [-0.4, -0.2) is 9.97 Å². The maximum absolute atomic E-state index is 5.95. The van der Waals surface area contributed by atoms with Gasteiger partial charge < -0.3 is 5.73 Å². The largest absolute Gasteiger partial charge is 0.368 e. The molecule has 82 valence electrons. The molecule has 0 spiro atoms. The van der Waals surface area contributed by atoms with E-state index in [2.05, 4.69) is 9.97 Å². The Morgan fingerprint density at radius 1 is 1.12 bits per heavy atom. The van der Waals surface area contributed by atoms with Gasteiger partial charge in [-0.1, -0.05) is 35.0 Å². The van der Waals surface area contributed by atoms with Crippen LogP contribution in [0.15, 0.2) is 40.4 Å². The van der Waals surface area contributed by atoms with Gasteiger partial charge in [-0.3, -0.25) is 0 Å². The summed E-state index contributed by atoms with van der Waals surface area (Å²) in [5, 5.41) is 1.81. The van der Waals surface area contributed by atoms with E-state index in [0.717, 1.165) is 4.90 Å². The van der Waals surface area contributed by atoms with Crippen LogP contribution < -0.4 is 5.73 Å². The number of nitrogens with two attached hydrogens (primary N) is 1. The second kappa shape index (κ2) is 4.91. The van der Waals surface area contributed by atoms with Crippen LogP contribution in [0.3, 0.4) is 0 Å². The highest BCUT2D eigenvalue weighted by Gasteiger charge is 2.05. The molecule has 0 unspecified atom stereocenters. The summed E-state index contributed by atoms with van der Waals surface area (Å²) >= 11 is 13.2. The molecule has 0 radical (unpaired) electrons. The number of hydrogen-bond donors (Lipinski definition) is 1. The van der Waals surface area contributed by atoms with Gasteiger partial charge in [-0.25, -0.2) is 9.97 Å². The van der Waals surface area contributed by atoms with Crippen molar-refractivity contribution in [3.05, 3.63) is 40.5 Å². The second-order valence-corrected chi connectivity index (χ2v) is 4.84. The topological polar surface area (TPSA) is 51.8 Å². The highest BCUT2D eigenvalue weighted by molar-refractivity contribution is 7.99. The van der Waals surface area contributed by atoms with Crippen LogP contribution in [-0.2, 0) is 0 Å². The van der Waals surface area contributed by atoms with Gasteiger partial charge in [-0.15, -0.1) is 0 Å². The Balaban J connectivity index is 2.26. The molecule has 0 bridgehead atoms. The number of halogens is 2. The molecule has 2 N–H and O–H groups in total. The summed E-state index contributed by atoms with van der Waals surface area (Å²) in [6.07, 6.45) is 1.49. The standard InChI is InChI=1S/C10H7Cl2N3S/c11-6-1-3-7(4-2-6)16-9-8(12)5-14-10(13)15-9/h1-5H,(H2,13,14,15). The van der Waals surface area contributed by atoms with Gasteiger partial charge in [0.15, 0.2) is 0 Å². The minimum Gasteiger partial charge on any atom is -0.368 e. The van der Waals surface area contributed by atoms with Crippen LogP contribution in [0.25, 0.3) is 0 Å². The van der Waals surface area contributed by atoms with Crippen molar-refractivity contribution in [1.82, 2.24) is 9.97 Å². The van der Waals surface area contributed by atoms with Crippen LogP contribution in [0.4, 0.5) is 5.95 Å². The summed E-state index contributed by atoms with van der Waals surface area (Å²) in [6, 6.07) is 7.40. The molecule has 0 atom stereocenters. The van der Waals surface area contributed by atoms with Crippen molar-refractivity contribution in [2.24, 2.45) is 0 Å². The fraction of sp³-hybridized carbons (Fsp3) is 0. The average molecular weight is 272 g/mol. The molecule has 0 aliphatic carbocycles. The average Bonchev–Trinajstić information content (AvgIpc) is 2.27. The lowest BCUT2D eigenvalue weighted by atomic mass is 10.4. The number of hydrogen-bond acceptors (Lipinski definition) is 4. The van der Waals surface area contributed by atoms with E-state index < -0.39 is 0 Å². The fourth-order valence-corrected chi connectivity index (χ4v) is 2.17. The Morgan fingerprint density at radius 3 is 2.50 bits per heavy atom. The zero-order chi connectivity index (χ0) is 11.5. The molecule has 1 heterocycles. The highest BCUT2D eigenvalue weighted by Crippen LogP contribution is 2.31. The molecule has 0 saturated carbocycles. The lowest BCUT2D eigenvalue weighted by Crippen LogP contribution is -1.95. The van der Waals surface area contributed by atoms with Crippen molar-refractivity contribution in [1.29, 1.82) is 0 Å². The van der Waals surface area contributed by atoms with Gasteiger partial charge in [0.05, 0.1) is 11.2 Å². The Labute approximate surface area is 107 Å². The van der Waals surface area contributed by atoms with Crippen LogP contribution in [0.2, 0.25) is 10.0 Å². The van der Waals surface area contributed by atoms with Crippen molar-refractivity contribution < 1.29 is 0 Å². The predicted octanol–water partition coefficient (Wildman–Crippen LogP) is 3.52. The minimum atomic E-state index is 0.209. The molecule has 0 saturated heterocycles. The normalized spacial score (nSPS) is 10.4. The zero-order valence-electron chi connectivity index (χ0n) is 8.02. The first-order chi connectivity index (χ1) is 7.65. The van der Waals surface area contributed by atoms with Crippen LogP contribution in [0.5, 0.6) is 0 Å². The number of nitrogens with zero attached hydrogens (tertiary/aromatic N) is 2. The number of anilines is 1. The van der Waals surface area contributed by atoms with E-state index in [4.69, 9.17) is 28.9 Å². The molecule has 0 fully saturated rings. The molecule has 3 nitrogen and oxygen atoms in total. The third-order valence-corrected chi connectivity index (χ3v) is 3.41. The quantitative estimate of drug-likeness (QED) is 0.850. The maximum atomic E-state index is 5.95. The number of aromatic nitrogens is 2. The third kappa shape index (κ3) is 2.78. The summed E-state index contributed by atoms with van der Waals surface area (Å²) in [5.74, 6) is 0.209. The van der Waals surface area contributed by atoms with Crippen molar-refractivity contribution in [2.45, 2.75) is 9.92 Å². The first kappa shape index (κ1) is 11.5. The Bertz CT molecular complexity index is 502. The monoisotopic (exact) mass is 271 g/mol. The van der Waals surface area contributed by atoms with E-state index in [1.807, 2.05) is 24.3 Å². The molecular weight excluding hydrogens is 265 g/mol. The van der Waals surface area contributed by atoms with E-state index in [1.165, 1.54) is 18.0 Å². The summed E-state index contributed by atoms with van der Waals surface area (Å²) < 4.78 is 0. The van der Waals surface area contributed by atoms with Gasteiger partial charge in [0.25, 0.3) is 0 Å². The molecular formula is C10H7Cl2N3S. The molecule has 0 aliphatic heterocycles. The molecule has 1 aromatic heterocycles. The summed E-state index contributed by atoms with van der Waals surface area (Å²) in [5.41, 5.74) is 5.49. The van der Waals surface area contributed by atoms with E-state index in [-0.39, 0.29) is 5.95 Å². The smallest absolute Gasteiger partial charge is 0.221 e. The lowest BCUT2D eigenvalue weighted by Gasteiger charge is -2.03. The van der Waals surface area contributed by atoms with E-state index >= 15 is 0 Å². The molecule has 0 amide bonds. The van der Waals surface area contributed by atoms with Crippen molar-refractivity contribution in [3.63, 3.8) is 0 Å².